The summed E-state index contributed by atoms with van der Waals surface area (Å²) in [6.45, 7) is 1.93. The zero-order valence-corrected chi connectivity index (χ0v) is 12.0. The van der Waals surface area contributed by atoms with Gasteiger partial charge in [0.15, 0.2) is 11.6 Å². The van der Waals surface area contributed by atoms with Crippen LogP contribution in [0.3, 0.4) is 0 Å². The standard InChI is InChI=1S/C14H13ClN6/c1-9-10(15)3-2-4-11(9)20-13-12(16)14(19-7-18-13)21-6-5-17-8-21/h2-8H,16H2,1H3,(H,18,19,20). The van der Waals surface area contributed by atoms with Crippen LogP contribution in [-0.4, -0.2) is 19.5 Å². The van der Waals surface area contributed by atoms with Crippen molar-refractivity contribution in [2.75, 3.05) is 11.1 Å². The molecule has 0 bridgehead atoms. The number of halogens is 1. The van der Waals surface area contributed by atoms with Gasteiger partial charge in [-0.2, -0.15) is 0 Å². The van der Waals surface area contributed by atoms with Gasteiger partial charge in [0.05, 0.1) is 0 Å². The van der Waals surface area contributed by atoms with E-state index in [2.05, 4.69) is 20.3 Å². The maximum atomic E-state index is 6.14. The van der Waals surface area contributed by atoms with E-state index in [1.165, 1.54) is 6.33 Å². The molecule has 0 aliphatic carbocycles. The second kappa shape index (κ2) is 5.41. The summed E-state index contributed by atoms with van der Waals surface area (Å²) >= 11 is 6.12. The second-order valence-corrected chi connectivity index (χ2v) is 4.87. The van der Waals surface area contributed by atoms with Gasteiger partial charge >= 0.3 is 0 Å². The predicted molar refractivity (Wildman–Crippen MR) is 83.0 cm³/mol. The summed E-state index contributed by atoms with van der Waals surface area (Å²) < 4.78 is 1.73. The van der Waals surface area contributed by atoms with Crippen LogP contribution in [0.4, 0.5) is 17.2 Å². The van der Waals surface area contributed by atoms with E-state index in [0.717, 1.165) is 11.3 Å². The molecule has 0 aliphatic rings. The van der Waals surface area contributed by atoms with Crippen molar-refractivity contribution in [1.29, 1.82) is 0 Å². The molecular formula is C14H13ClN6. The Labute approximate surface area is 126 Å². The molecule has 3 N–H and O–H groups in total. The lowest BCUT2D eigenvalue weighted by Crippen LogP contribution is -2.07. The third-order valence-electron chi connectivity index (χ3n) is 3.13. The molecular weight excluding hydrogens is 288 g/mol. The lowest BCUT2D eigenvalue weighted by Gasteiger charge is -2.13. The van der Waals surface area contributed by atoms with Gasteiger partial charge in [0.25, 0.3) is 0 Å². The Morgan fingerprint density at radius 1 is 1.29 bits per heavy atom. The molecule has 6 nitrogen and oxygen atoms in total. The van der Waals surface area contributed by atoms with Crippen LogP contribution in [0.5, 0.6) is 0 Å². The van der Waals surface area contributed by atoms with Gasteiger partial charge in [-0.05, 0) is 24.6 Å². The van der Waals surface area contributed by atoms with Crippen molar-refractivity contribution in [3.05, 3.63) is 53.8 Å². The molecule has 0 fully saturated rings. The van der Waals surface area contributed by atoms with Gasteiger partial charge in [0, 0.05) is 23.1 Å². The molecule has 0 unspecified atom stereocenters. The molecule has 0 saturated carbocycles. The first-order valence-corrected chi connectivity index (χ1v) is 6.65. The number of nitrogens with zero attached hydrogens (tertiary/aromatic N) is 4. The van der Waals surface area contributed by atoms with Gasteiger partial charge in [-0.15, -0.1) is 0 Å². The maximum Gasteiger partial charge on any atom is 0.166 e. The molecule has 3 aromatic rings. The number of hydrogen-bond donors (Lipinski definition) is 2. The third-order valence-corrected chi connectivity index (χ3v) is 3.54. The Morgan fingerprint density at radius 3 is 2.90 bits per heavy atom. The average molecular weight is 301 g/mol. The molecule has 2 aromatic heterocycles. The molecule has 7 heteroatoms. The van der Waals surface area contributed by atoms with E-state index in [9.17, 15) is 0 Å². The van der Waals surface area contributed by atoms with Crippen molar-refractivity contribution >= 4 is 28.8 Å². The first-order valence-electron chi connectivity index (χ1n) is 6.28. The van der Waals surface area contributed by atoms with Gasteiger partial charge < -0.3 is 11.1 Å². The Kier molecular flexibility index (Phi) is 3.45. The minimum Gasteiger partial charge on any atom is -0.393 e. The highest BCUT2D eigenvalue weighted by atomic mass is 35.5. The summed E-state index contributed by atoms with van der Waals surface area (Å²) in [6, 6.07) is 5.62. The maximum absolute atomic E-state index is 6.14. The molecule has 0 spiro atoms. The largest absolute Gasteiger partial charge is 0.393 e. The number of hydrogen-bond acceptors (Lipinski definition) is 5. The molecule has 0 amide bonds. The van der Waals surface area contributed by atoms with Gasteiger partial charge in [-0.3, -0.25) is 4.57 Å². The number of nitrogens with one attached hydrogen (secondary N) is 1. The summed E-state index contributed by atoms with van der Waals surface area (Å²) in [6.07, 6.45) is 6.52. The lowest BCUT2D eigenvalue weighted by atomic mass is 10.2. The van der Waals surface area contributed by atoms with Crippen LogP contribution < -0.4 is 11.1 Å². The first kappa shape index (κ1) is 13.4. The fourth-order valence-corrected chi connectivity index (χ4v) is 2.12. The van der Waals surface area contributed by atoms with E-state index in [4.69, 9.17) is 17.3 Å². The zero-order chi connectivity index (χ0) is 14.8. The lowest BCUT2D eigenvalue weighted by molar-refractivity contribution is 0.977. The molecule has 2 heterocycles. The number of imidazole rings is 1. The van der Waals surface area contributed by atoms with Gasteiger partial charge in [0.1, 0.15) is 18.3 Å². The highest BCUT2D eigenvalue weighted by molar-refractivity contribution is 6.31. The summed E-state index contributed by atoms with van der Waals surface area (Å²) in [4.78, 5) is 12.4. The topological polar surface area (TPSA) is 81.7 Å². The quantitative estimate of drug-likeness (QED) is 0.777. The summed E-state index contributed by atoms with van der Waals surface area (Å²) in [5.41, 5.74) is 8.36. The van der Waals surface area contributed by atoms with Gasteiger partial charge in [-0.25, -0.2) is 15.0 Å². The minimum absolute atomic E-state index is 0.440. The fourth-order valence-electron chi connectivity index (χ4n) is 1.95. The number of nitrogen functional groups attached to an aromatic ring is 1. The van der Waals surface area contributed by atoms with E-state index in [1.807, 2.05) is 25.1 Å². The Bertz CT molecular complexity index is 769. The molecule has 1 aromatic carbocycles. The molecule has 3 rings (SSSR count). The average Bonchev–Trinajstić information content (AvgIpc) is 3.00. The van der Waals surface area contributed by atoms with Crippen molar-refractivity contribution in [2.24, 2.45) is 0 Å². The smallest absolute Gasteiger partial charge is 0.166 e. The van der Waals surface area contributed by atoms with E-state index < -0.39 is 0 Å². The van der Waals surface area contributed by atoms with Crippen LogP contribution in [0.25, 0.3) is 5.82 Å². The first-order chi connectivity index (χ1) is 10.2. The predicted octanol–water partition coefficient (Wildman–Crippen LogP) is 2.95. The summed E-state index contributed by atoms with van der Waals surface area (Å²) in [5.74, 6) is 1.10. The number of anilines is 3. The molecule has 0 atom stereocenters. The van der Waals surface area contributed by atoms with Crippen molar-refractivity contribution in [2.45, 2.75) is 6.92 Å². The Morgan fingerprint density at radius 2 is 2.14 bits per heavy atom. The van der Waals surface area contributed by atoms with E-state index in [1.54, 1.807) is 23.3 Å². The highest BCUT2D eigenvalue weighted by Gasteiger charge is 2.11. The number of nitrogens with two attached hydrogens (primary N) is 1. The van der Waals surface area contributed by atoms with Crippen LogP contribution in [0.1, 0.15) is 5.56 Å². The number of benzene rings is 1. The number of aromatic nitrogens is 4. The van der Waals surface area contributed by atoms with Crippen molar-refractivity contribution in [1.82, 2.24) is 19.5 Å². The number of rotatable bonds is 3. The van der Waals surface area contributed by atoms with Crippen LogP contribution in [0, 0.1) is 6.92 Å². The molecule has 0 radical (unpaired) electrons. The molecule has 106 valence electrons. The third kappa shape index (κ3) is 2.53. The van der Waals surface area contributed by atoms with E-state index >= 15 is 0 Å². The molecule has 0 aliphatic heterocycles. The Balaban J connectivity index is 2.00. The SMILES string of the molecule is Cc1c(Cl)cccc1Nc1ncnc(-n2ccnc2)c1N. The molecule has 21 heavy (non-hydrogen) atoms. The van der Waals surface area contributed by atoms with E-state index in [-0.39, 0.29) is 0 Å². The van der Waals surface area contributed by atoms with Crippen LogP contribution in [-0.2, 0) is 0 Å². The fraction of sp³-hybridized carbons (Fsp3) is 0.0714. The van der Waals surface area contributed by atoms with E-state index in [0.29, 0.717) is 22.3 Å². The zero-order valence-electron chi connectivity index (χ0n) is 11.3. The van der Waals surface area contributed by atoms with Crippen molar-refractivity contribution < 1.29 is 0 Å². The van der Waals surface area contributed by atoms with Crippen LogP contribution >= 0.6 is 11.6 Å². The Hall–Kier alpha value is -2.60. The van der Waals surface area contributed by atoms with Crippen LogP contribution in [0.15, 0.2) is 43.2 Å². The minimum atomic E-state index is 0.440. The van der Waals surface area contributed by atoms with Gasteiger partial charge in [0.2, 0.25) is 0 Å². The van der Waals surface area contributed by atoms with Gasteiger partial charge in [-0.1, -0.05) is 17.7 Å². The van der Waals surface area contributed by atoms with Crippen molar-refractivity contribution in [3.63, 3.8) is 0 Å². The molecule has 0 saturated heterocycles. The van der Waals surface area contributed by atoms with Crippen molar-refractivity contribution in [3.8, 4) is 5.82 Å². The highest BCUT2D eigenvalue weighted by Crippen LogP contribution is 2.29. The summed E-state index contributed by atoms with van der Waals surface area (Å²) in [5, 5.41) is 3.87. The normalized spacial score (nSPS) is 10.6. The monoisotopic (exact) mass is 300 g/mol. The second-order valence-electron chi connectivity index (χ2n) is 4.47. The van der Waals surface area contributed by atoms with Crippen LogP contribution in [0.2, 0.25) is 5.02 Å². The summed E-state index contributed by atoms with van der Waals surface area (Å²) in [7, 11) is 0.